The van der Waals surface area contributed by atoms with Gasteiger partial charge in [-0.15, -0.1) is 0 Å². The van der Waals surface area contributed by atoms with Gasteiger partial charge in [0.05, 0.1) is 13.7 Å². The Labute approximate surface area is 154 Å². The van der Waals surface area contributed by atoms with Crippen LogP contribution in [0.2, 0.25) is 0 Å². The summed E-state index contributed by atoms with van der Waals surface area (Å²) in [5.41, 5.74) is 7.83. The third kappa shape index (κ3) is 3.68. The first kappa shape index (κ1) is 18.3. The summed E-state index contributed by atoms with van der Waals surface area (Å²) in [6.07, 6.45) is 0. The van der Waals surface area contributed by atoms with Crippen molar-refractivity contribution in [2.24, 2.45) is 11.7 Å². The van der Waals surface area contributed by atoms with Crippen LogP contribution in [-0.2, 0) is 0 Å². The standard InChI is InChI=1S/C21H26N2O3/c1-3-26-19-10-9-16(11-20(19)25-2)21(24)23-13-17(12-22)18(14-23)15-7-5-4-6-8-15/h4-11,17-18H,3,12-14,22H2,1-2H3/t17-,18+/m1/s1. The zero-order valence-corrected chi connectivity index (χ0v) is 15.4. The second-order valence-corrected chi connectivity index (χ2v) is 6.52. The molecule has 1 saturated heterocycles. The van der Waals surface area contributed by atoms with Gasteiger partial charge in [0.2, 0.25) is 0 Å². The number of carbonyl (C=O) groups is 1. The van der Waals surface area contributed by atoms with Gasteiger partial charge >= 0.3 is 0 Å². The van der Waals surface area contributed by atoms with Crippen LogP contribution in [0.25, 0.3) is 0 Å². The van der Waals surface area contributed by atoms with E-state index in [0.717, 1.165) is 0 Å². The molecule has 0 saturated carbocycles. The molecule has 2 atom stereocenters. The van der Waals surface area contributed by atoms with Crippen LogP contribution in [-0.4, -0.2) is 44.2 Å². The maximum Gasteiger partial charge on any atom is 0.254 e. The summed E-state index contributed by atoms with van der Waals surface area (Å²) in [7, 11) is 1.58. The highest BCUT2D eigenvalue weighted by Gasteiger charge is 2.35. The van der Waals surface area contributed by atoms with Crippen LogP contribution in [0.4, 0.5) is 0 Å². The van der Waals surface area contributed by atoms with E-state index in [1.807, 2.05) is 30.0 Å². The SMILES string of the molecule is CCOc1ccc(C(=O)N2C[C@@H](CN)[C@H](c3ccccc3)C2)cc1OC. The fourth-order valence-corrected chi connectivity index (χ4v) is 3.61. The zero-order chi connectivity index (χ0) is 18.5. The third-order valence-electron chi connectivity index (χ3n) is 4.97. The van der Waals surface area contributed by atoms with Crippen LogP contribution in [0.15, 0.2) is 48.5 Å². The first-order valence-electron chi connectivity index (χ1n) is 9.03. The van der Waals surface area contributed by atoms with Crippen molar-refractivity contribution >= 4 is 5.91 Å². The van der Waals surface area contributed by atoms with Crippen molar-refractivity contribution in [1.29, 1.82) is 0 Å². The molecule has 2 aromatic carbocycles. The van der Waals surface area contributed by atoms with Crippen molar-refractivity contribution in [1.82, 2.24) is 4.90 Å². The van der Waals surface area contributed by atoms with Crippen molar-refractivity contribution in [3.05, 3.63) is 59.7 Å². The number of carbonyl (C=O) groups excluding carboxylic acids is 1. The Bertz CT molecular complexity index is 748. The Morgan fingerprint density at radius 3 is 2.58 bits per heavy atom. The number of amides is 1. The highest BCUT2D eigenvalue weighted by atomic mass is 16.5. The fraction of sp³-hybridized carbons (Fsp3) is 0.381. The maximum atomic E-state index is 13.0. The number of benzene rings is 2. The Morgan fingerprint density at radius 2 is 1.92 bits per heavy atom. The number of rotatable bonds is 6. The van der Waals surface area contributed by atoms with Crippen molar-refractivity contribution in [3.8, 4) is 11.5 Å². The Kier molecular flexibility index (Phi) is 5.78. The Balaban J connectivity index is 1.80. The molecule has 0 spiro atoms. The maximum absolute atomic E-state index is 13.0. The summed E-state index contributed by atoms with van der Waals surface area (Å²) in [6, 6.07) is 15.6. The van der Waals surface area contributed by atoms with Crippen LogP contribution in [0.3, 0.4) is 0 Å². The zero-order valence-electron chi connectivity index (χ0n) is 15.4. The van der Waals surface area contributed by atoms with Gasteiger partial charge < -0.3 is 20.1 Å². The van der Waals surface area contributed by atoms with Crippen molar-refractivity contribution in [2.75, 3.05) is 33.4 Å². The van der Waals surface area contributed by atoms with Crippen LogP contribution in [0.1, 0.15) is 28.8 Å². The predicted molar refractivity (Wildman–Crippen MR) is 102 cm³/mol. The predicted octanol–water partition coefficient (Wildman–Crippen LogP) is 2.91. The summed E-state index contributed by atoms with van der Waals surface area (Å²) < 4.78 is 10.9. The number of likely N-dealkylation sites (tertiary alicyclic amines) is 1. The minimum atomic E-state index is 0.00299. The fourth-order valence-electron chi connectivity index (χ4n) is 3.61. The average Bonchev–Trinajstić information content (AvgIpc) is 3.13. The minimum absolute atomic E-state index is 0.00299. The van der Waals surface area contributed by atoms with E-state index in [9.17, 15) is 4.79 Å². The first-order chi connectivity index (χ1) is 12.7. The number of nitrogens with zero attached hydrogens (tertiary/aromatic N) is 1. The quantitative estimate of drug-likeness (QED) is 0.866. The van der Waals surface area contributed by atoms with Gasteiger partial charge in [-0.2, -0.15) is 0 Å². The van der Waals surface area contributed by atoms with E-state index in [-0.39, 0.29) is 17.7 Å². The lowest BCUT2D eigenvalue weighted by Crippen LogP contribution is -2.29. The van der Waals surface area contributed by atoms with Gasteiger partial charge in [-0.05, 0) is 43.1 Å². The molecule has 0 aliphatic carbocycles. The second kappa shape index (κ2) is 8.23. The second-order valence-electron chi connectivity index (χ2n) is 6.52. The molecule has 1 aliphatic rings. The third-order valence-corrected chi connectivity index (χ3v) is 4.97. The van der Waals surface area contributed by atoms with Crippen LogP contribution in [0.5, 0.6) is 11.5 Å². The molecular weight excluding hydrogens is 328 g/mol. The summed E-state index contributed by atoms with van der Waals surface area (Å²) in [5.74, 6) is 1.77. The van der Waals surface area contributed by atoms with Gasteiger partial charge in [-0.25, -0.2) is 0 Å². The lowest BCUT2D eigenvalue weighted by atomic mass is 9.89. The van der Waals surface area contributed by atoms with E-state index >= 15 is 0 Å². The summed E-state index contributed by atoms with van der Waals surface area (Å²) in [6.45, 7) is 4.38. The molecular formula is C21H26N2O3. The van der Waals surface area contributed by atoms with Gasteiger partial charge in [0.1, 0.15) is 0 Å². The summed E-state index contributed by atoms with van der Waals surface area (Å²) in [5, 5.41) is 0. The molecule has 1 aliphatic heterocycles. The molecule has 5 heteroatoms. The summed E-state index contributed by atoms with van der Waals surface area (Å²) >= 11 is 0. The molecule has 3 rings (SSSR count). The van der Waals surface area contributed by atoms with E-state index in [2.05, 4.69) is 12.1 Å². The van der Waals surface area contributed by atoms with E-state index in [1.54, 1.807) is 25.3 Å². The van der Waals surface area contributed by atoms with Crippen molar-refractivity contribution in [2.45, 2.75) is 12.8 Å². The molecule has 0 aromatic heterocycles. The van der Waals surface area contributed by atoms with Gasteiger partial charge in [-0.3, -0.25) is 4.79 Å². The Morgan fingerprint density at radius 1 is 1.15 bits per heavy atom. The van der Waals surface area contributed by atoms with Gasteiger partial charge in [0.15, 0.2) is 11.5 Å². The van der Waals surface area contributed by atoms with E-state index in [4.69, 9.17) is 15.2 Å². The molecule has 0 unspecified atom stereocenters. The lowest BCUT2D eigenvalue weighted by Gasteiger charge is -2.18. The smallest absolute Gasteiger partial charge is 0.254 e. The molecule has 2 aromatic rings. The molecule has 26 heavy (non-hydrogen) atoms. The number of hydrogen-bond donors (Lipinski definition) is 1. The van der Waals surface area contributed by atoms with E-state index in [0.29, 0.717) is 43.3 Å². The molecule has 138 valence electrons. The largest absolute Gasteiger partial charge is 0.493 e. The highest BCUT2D eigenvalue weighted by molar-refractivity contribution is 5.95. The van der Waals surface area contributed by atoms with Crippen LogP contribution >= 0.6 is 0 Å². The molecule has 0 radical (unpaired) electrons. The van der Waals surface area contributed by atoms with Crippen LogP contribution in [0, 0.1) is 5.92 Å². The number of nitrogens with two attached hydrogens (primary N) is 1. The normalized spacial score (nSPS) is 19.4. The van der Waals surface area contributed by atoms with Crippen molar-refractivity contribution < 1.29 is 14.3 Å². The molecule has 1 heterocycles. The van der Waals surface area contributed by atoms with E-state index < -0.39 is 0 Å². The molecule has 2 N–H and O–H groups in total. The molecule has 1 amide bonds. The van der Waals surface area contributed by atoms with Crippen LogP contribution < -0.4 is 15.2 Å². The topological polar surface area (TPSA) is 64.8 Å². The molecule has 0 bridgehead atoms. The highest BCUT2D eigenvalue weighted by Crippen LogP contribution is 2.34. The summed E-state index contributed by atoms with van der Waals surface area (Å²) in [4.78, 5) is 14.9. The number of hydrogen-bond acceptors (Lipinski definition) is 4. The molecule has 5 nitrogen and oxygen atoms in total. The number of methoxy groups -OCH3 is 1. The monoisotopic (exact) mass is 354 g/mol. The Hall–Kier alpha value is -2.53. The number of ether oxygens (including phenoxy) is 2. The van der Waals surface area contributed by atoms with Crippen molar-refractivity contribution in [3.63, 3.8) is 0 Å². The first-order valence-corrected chi connectivity index (χ1v) is 9.03. The van der Waals surface area contributed by atoms with E-state index in [1.165, 1.54) is 5.56 Å². The minimum Gasteiger partial charge on any atom is -0.493 e. The lowest BCUT2D eigenvalue weighted by molar-refractivity contribution is 0.0786. The van der Waals surface area contributed by atoms with Gasteiger partial charge in [0.25, 0.3) is 5.91 Å². The van der Waals surface area contributed by atoms with Gasteiger partial charge in [0, 0.05) is 24.6 Å². The average molecular weight is 354 g/mol. The van der Waals surface area contributed by atoms with Gasteiger partial charge in [-0.1, -0.05) is 30.3 Å². The molecule has 1 fully saturated rings.